The first-order chi connectivity index (χ1) is 20.6. The minimum atomic E-state index is -0.132. The Morgan fingerprint density at radius 1 is 0.786 bits per heavy atom. The molecule has 1 fully saturated rings. The summed E-state index contributed by atoms with van der Waals surface area (Å²) in [6.07, 6.45) is 3.77. The van der Waals surface area contributed by atoms with E-state index in [1.165, 1.54) is 33.5 Å². The molecule has 2 aliphatic rings. The lowest BCUT2D eigenvalue weighted by Gasteiger charge is -2.36. The first-order valence-corrected chi connectivity index (χ1v) is 14.9. The van der Waals surface area contributed by atoms with Gasteiger partial charge >= 0.3 is 0 Å². The van der Waals surface area contributed by atoms with Gasteiger partial charge in [0, 0.05) is 38.9 Å². The minimum Gasteiger partial charge on any atom is -0.508 e. The molecule has 0 saturated carbocycles. The van der Waals surface area contributed by atoms with Crippen LogP contribution >= 0.6 is 0 Å². The monoisotopic (exact) mass is 561 g/mol. The van der Waals surface area contributed by atoms with Crippen LogP contribution < -0.4 is 9.64 Å². The van der Waals surface area contributed by atoms with Crippen molar-refractivity contribution >= 4 is 16.8 Å². The summed E-state index contributed by atoms with van der Waals surface area (Å²) >= 11 is 0. The summed E-state index contributed by atoms with van der Waals surface area (Å²) in [5, 5.41) is 10.3. The predicted octanol–water partition coefficient (Wildman–Crippen LogP) is 7.71. The highest BCUT2D eigenvalue weighted by Gasteiger charge is 2.27. The molecule has 1 N–H and O–H groups in total. The number of phenols is 1. The zero-order chi connectivity index (χ0) is 28.9. The topological polar surface area (TPSA) is 51.2 Å². The molecule has 1 saturated heterocycles. The summed E-state index contributed by atoms with van der Waals surface area (Å²) in [7, 11) is 3.45. The van der Waals surface area contributed by atoms with Crippen molar-refractivity contribution < 1.29 is 19.3 Å². The summed E-state index contributed by atoms with van der Waals surface area (Å²) < 4.78 is 17.2. The highest BCUT2D eigenvalue weighted by Crippen LogP contribution is 2.43. The molecule has 4 aromatic carbocycles. The van der Waals surface area contributed by atoms with E-state index in [1.807, 2.05) is 30.3 Å². The average molecular weight is 562 g/mol. The van der Waals surface area contributed by atoms with Crippen molar-refractivity contribution in [2.75, 3.05) is 32.2 Å². The molecule has 1 heterocycles. The summed E-state index contributed by atoms with van der Waals surface area (Å²) in [6, 6.07) is 33.4. The van der Waals surface area contributed by atoms with E-state index in [-0.39, 0.29) is 12.0 Å². The lowest BCUT2D eigenvalue weighted by Crippen LogP contribution is -2.39. The fourth-order valence-electron chi connectivity index (χ4n) is 6.46. The van der Waals surface area contributed by atoms with E-state index in [1.54, 1.807) is 20.3 Å². The summed E-state index contributed by atoms with van der Waals surface area (Å²) in [5.41, 5.74) is 9.65. The average Bonchev–Trinajstić information content (AvgIpc) is 3.04. The molecule has 5 heteroatoms. The van der Waals surface area contributed by atoms with Crippen LogP contribution in [0, 0.1) is 5.92 Å². The third-order valence-corrected chi connectivity index (χ3v) is 8.65. The van der Waals surface area contributed by atoms with Crippen LogP contribution in [0.25, 0.3) is 11.1 Å². The van der Waals surface area contributed by atoms with Gasteiger partial charge in [-0.1, -0.05) is 60.7 Å². The lowest BCUT2D eigenvalue weighted by molar-refractivity contribution is -0.141. The Balaban J connectivity index is 1.28. The molecular weight excluding hydrogens is 522 g/mol. The largest absolute Gasteiger partial charge is 0.508 e. The summed E-state index contributed by atoms with van der Waals surface area (Å²) in [4.78, 5) is 2.46. The number of fused-ring (bicyclic) bond motifs is 1. The molecule has 0 bridgehead atoms. The molecule has 1 aliphatic carbocycles. The van der Waals surface area contributed by atoms with Crippen LogP contribution in [-0.2, 0) is 22.5 Å². The third kappa shape index (κ3) is 6.08. The number of methoxy groups -OCH3 is 2. The maximum absolute atomic E-state index is 10.3. The molecule has 0 atom stereocenters. The van der Waals surface area contributed by atoms with Crippen LogP contribution in [0.5, 0.6) is 11.5 Å². The van der Waals surface area contributed by atoms with Crippen molar-refractivity contribution in [3.63, 3.8) is 0 Å². The second-order valence-electron chi connectivity index (χ2n) is 11.2. The summed E-state index contributed by atoms with van der Waals surface area (Å²) in [6.45, 7) is 2.52. The van der Waals surface area contributed by atoms with E-state index >= 15 is 0 Å². The number of aryl methyl sites for hydroxylation is 1. The quantitative estimate of drug-likeness (QED) is 0.212. The van der Waals surface area contributed by atoms with Gasteiger partial charge in [-0.05, 0) is 101 Å². The van der Waals surface area contributed by atoms with Gasteiger partial charge in [0.1, 0.15) is 18.1 Å². The van der Waals surface area contributed by atoms with Crippen molar-refractivity contribution in [2.24, 2.45) is 5.92 Å². The standard InChI is InChI=1S/C37H39NO4/c1-40-37(41-2)28-19-21-38(22-20-28)31-14-11-27(12-15-31)36-34(29-9-6-10-32(39)23-29)17-13-30-24-33(16-18-35(30)36)42-25-26-7-4-3-5-8-26/h3-12,14-16,18,23-24,28,37,39H,13,17,19-22,25H2,1-2H3. The Hall–Kier alpha value is -4.06. The third-order valence-electron chi connectivity index (χ3n) is 8.65. The number of ether oxygens (including phenoxy) is 3. The van der Waals surface area contributed by atoms with Gasteiger partial charge in [0.2, 0.25) is 0 Å². The Bertz CT molecular complexity index is 1520. The maximum atomic E-state index is 10.3. The van der Waals surface area contributed by atoms with Crippen LogP contribution in [-0.4, -0.2) is 38.7 Å². The number of anilines is 1. The Morgan fingerprint density at radius 2 is 1.55 bits per heavy atom. The molecule has 0 aromatic heterocycles. The van der Waals surface area contributed by atoms with Gasteiger partial charge in [-0.15, -0.1) is 0 Å². The Kier molecular flexibility index (Phi) is 8.59. The number of allylic oxidation sites excluding steroid dienone is 1. The van der Waals surface area contributed by atoms with Crippen molar-refractivity contribution in [3.8, 4) is 11.5 Å². The van der Waals surface area contributed by atoms with E-state index < -0.39 is 0 Å². The van der Waals surface area contributed by atoms with Crippen LogP contribution in [0.3, 0.4) is 0 Å². The molecule has 216 valence electrons. The molecular formula is C37H39NO4. The second-order valence-corrected chi connectivity index (χ2v) is 11.2. The number of nitrogens with zero attached hydrogens (tertiary/aromatic N) is 1. The normalized spacial score (nSPS) is 15.6. The molecule has 6 rings (SSSR count). The van der Waals surface area contributed by atoms with Gasteiger partial charge in [0.15, 0.2) is 6.29 Å². The van der Waals surface area contributed by atoms with Gasteiger partial charge in [0.25, 0.3) is 0 Å². The number of hydrogen-bond acceptors (Lipinski definition) is 5. The first-order valence-electron chi connectivity index (χ1n) is 14.9. The lowest BCUT2D eigenvalue weighted by atomic mass is 9.79. The number of aromatic hydroxyl groups is 1. The molecule has 0 amide bonds. The number of rotatable bonds is 9. The van der Waals surface area contributed by atoms with Crippen LogP contribution in [0.4, 0.5) is 5.69 Å². The van der Waals surface area contributed by atoms with E-state index in [0.29, 0.717) is 12.5 Å². The maximum Gasteiger partial charge on any atom is 0.159 e. The van der Waals surface area contributed by atoms with Crippen LogP contribution in [0.2, 0.25) is 0 Å². The molecule has 0 radical (unpaired) electrons. The number of piperidine rings is 1. The highest BCUT2D eigenvalue weighted by atomic mass is 16.7. The Labute approximate surface area is 249 Å². The summed E-state index contributed by atoms with van der Waals surface area (Å²) in [5.74, 6) is 1.60. The van der Waals surface area contributed by atoms with E-state index in [0.717, 1.165) is 55.6 Å². The number of benzene rings is 4. The zero-order valence-electron chi connectivity index (χ0n) is 24.5. The predicted molar refractivity (Wildman–Crippen MR) is 169 cm³/mol. The molecule has 4 aromatic rings. The first kappa shape index (κ1) is 28.1. The van der Waals surface area contributed by atoms with E-state index in [4.69, 9.17) is 14.2 Å². The van der Waals surface area contributed by atoms with Gasteiger partial charge < -0.3 is 24.2 Å². The number of phenolic OH excluding ortho intramolecular Hbond substituents is 1. The molecule has 42 heavy (non-hydrogen) atoms. The van der Waals surface area contributed by atoms with Gasteiger partial charge in [-0.25, -0.2) is 0 Å². The van der Waals surface area contributed by atoms with Crippen molar-refractivity contribution in [1.82, 2.24) is 0 Å². The number of hydrogen-bond donors (Lipinski definition) is 1. The van der Waals surface area contributed by atoms with Crippen molar-refractivity contribution in [2.45, 2.75) is 38.6 Å². The second kappa shape index (κ2) is 12.8. The van der Waals surface area contributed by atoms with Gasteiger partial charge in [-0.3, -0.25) is 0 Å². The van der Waals surface area contributed by atoms with E-state index in [2.05, 4.69) is 65.6 Å². The SMILES string of the molecule is COC(OC)C1CCN(c2ccc(C3=C(c4cccc(O)c4)CCc4cc(OCc5ccccc5)ccc43)cc2)CC1. The smallest absolute Gasteiger partial charge is 0.159 e. The highest BCUT2D eigenvalue weighted by molar-refractivity contribution is 6.01. The molecule has 5 nitrogen and oxygen atoms in total. The molecule has 1 aliphatic heterocycles. The molecule has 0 unspecified atom stereocenters. The van der Waals surface area contributed by atoms with Crippen molar-refractivity contribution in [1.29, 1.82) is 0 Å². The van der Waals surface area contributed by atoms with Gasteiger partial charge in [-0.2, -0.15) is 0 Å². The zero-order valence-corrected chi connectivity index (χ0v) is 24.5. The fourth-order valence-corrected chi connectivity index (χ4v) is 6.46. The fraction of sp³-hybridized carbons (Fsp3) is 0.297. The Morgan fingerprint density at radius 3 is 2.26 bits per heavy atom. The van der Waals surface area contributed by atoms with Crippen LogP contribution in [0.15, 0.2) is 97.1 Å². The minimum absolute atomic E-state index is 0.132. The van der Waals surface area contributed by atoms with Crippen molar-refractivity contribution in [3.05, 3.63) is 125 Å². The molecule has 0 spiro atoms. The van der Waals surface area contributed by atoms with Crippen LogP contribution in [0.1, 0.15) is 47.1 Å². The van der Waals surface area contributed by atoms with E-state index in [9.17, 15) is 5.11 Å². The van der Waals surface area contributed by atoms with Gasteiger partial charge in [0.05, 0.1) is 0 Å².